The van der Waals surface area contributed by atoms with Crippen LogP contribution in [-0.2, 0) is 0 Å². The first-order chi connectivity index (χ1) is 3.63. The van der Waals surface area contributed by atoms with Gasteiger partial charge in [-0.1, -0.05) is 13.8 Å². The van der Waals surface area contributed by atoms with Gasteiger partial charge in [0.05, 0.1) is 16.1 Å². The van der Waals surface area contributed by atoms with E-state index < -0.39 is 0 Å². The molecule has 0 aliphatic carbocycles. The van der Waals surface area contributed by atoms with Gasteiger partial charge >= 0.3 is 0 Å². The van der Waals surface area contributed by atoms with Crippen LogP contribution in [0.15, 0.2) is 5.10 Å². The topological polar surface area (TPSA) is 15.6 Å². The van der Waals surface area contributed by atoms with Gasteiger partial charge in [-0.05, 0) is 5.92 Å². The molecule has 0 amide bonds. The van der Waals surface area contributed by atoms with E-state index in [0.29, 0.717) is 5.92 Å². The van der Waals surface area contributed by atoms with Crippen LogP contribution in [0.3, 0.4) is 0 Å². The van der Waals surface area contributed by atoms with Crippen LogP contribution in [0.5, 0.6) is 0 Å². The van der Waals surface area contributed by atoms with Crippen molar-refractivity contribution in [2.45, 2.75) is 13.8 Å². The molecular formula is C5H11BrN2. The molecule has 48 valence electrons. The first-order valence-electron chi connectivity index (χ1n) is 2.56. The van der Waals surface area contributed by atoms with Crippen LogP contribution >= 0.6 is 16.1 Å². The third-order valence-corrected chi connectivity index (χ3v) is 0.707. The van der Waals surface area contributed by atoms with E-state index in [4.69, 9.17) is 0 Å². The highest BCUT2D eigenvalue weighted by molar-refractivity contribution is 9.07. The molecule has 0 rings (SSSR count). The van der Waals surface area contributed by atoms with Crippen molar-refractivity contribution in [3.8, 4) is 0 Å². The van der Waals surface area contributed by atoms with Gasteiger partial charge in [0.15, 0.2) is 0 Å². The van der Waals surface area contributed by atoms with Gasteiger partial charge in [0, 0.05) is 13.3 Å². The zero-order valence-corrected chi connectivity index (χ0v) is 7.01. The van der Waals surface area contributed by atoms with Crippen molar-refractivity contribution >= 4 is 22.4 Å². The van der Waals surface area contributed by atoms with Crippen molar-refractivity contribution in [2.75, 3.05) is 7.05 Å². The summed E-state index contributed by atoms with van der Waals surface area (Å²) in [5, 5.41) is 3.95. The van der Waals surface area contributed by atoms with E-state index in [-0.39, 0.29) is 0 Å². The summed E-state index contributed by atoms with van der Waals surface area (Å²) in [7, 11) is 1.83. The normalized spacial score (nSPS) is 11.1. The Kier molecular flexibility index (Phi) is 3.87. The van der Waals surface area contributed by atoms with Crippen molar-refractivity contribution in [2.24, 2.45) is 11.0 Å². The van der Waals surface area contributed by atoms with E-state index in [1.54, 1.807) is 4.03 Å². The maximum absolute atomic E-state index is 3.95. The van der Waals surface area contributed by atoms with Crippen LogP contribution in [-0.4, -0.2) is 17.3 Å². The maximum atomic E-state index is 3.95. The number of rotatable bonds is 2. The number of hydrogen-bond donors (Lipinski definition) is 0. The molecule has 0 saturated heterocycles. The van der Waals surface area contributed by atoms with E-state index in [1.165, 1.54) is 0 Å². The summed E-state index contributed by atoms with van der Waals surface area (Å²) in [4.78, 5) is 0. The van der Waals surface area contributed by atoms with Crippen molar-refractivity contribution in [3.05, 3.63) is 0 Å². The maximum Gasteiger partial charge on any atom is 0.0683 e. The molecular weight excluding hydrogens is 168 g/mol. The molecule has 0 radical (unpaired) electrons. The van der Waals surface area contributed by atoms with Crippen LogP contribution in [0.2, 0.25) is 0 Å². The van der Waals surface area contributed by atoms with Crippen molar-refractivity contribution in [1.29, 1.82) is 0 Å². The lowest BCUT2D eigenvalue weighted by atomic mass is 10.3. The lowest BCUT2D eigenvalue weighted by Gasteiger charge is -1.99. The standard InChI is InChI=1S/C5H11BrN2/c1-5(2)4-7-8(3)6/h4-5H,1-3H3. The summed E-state index contributed by atoms with van der Waals surface area (Å²) < 4.78 is 1.60. The summed E-state index contributed by atoms with van der Waals surface area (Å²) in [6.07, 6.45) is 1.87. The Bertz CT molecular complexity index is 68.5. The Morgan fingerprint density at radius 1 is 1.62 bits per heavy atom. The number of hydrazone groups is 1. The molecule has 0 aromatic carbocycles. The number of nitrogens with zero attached hydrogens (tertiary/aromatic N) is 2. The monoisotopic (exact) mass is 178 g/mol. The van der Waals surface area contributed by atoms with Gasteiger partial charge in [0.25, 0.3) is 0 Å². The molecule has 0 unspecified atom stereocenters. The van der Waals surface area contributed by atoms with Crippen LogP contribution < -0.4 is 0 Å². The third-order valence-electron chi connectivity index (χ3n) is 0.524. The highest BCUT2D eigenvalue weighted by atomic mass is 79.9. The predicted octanol–water partition coefficient (Wildman–Crippen LogP) is 1.87. The minimum atomic E-state index is 0.523. The van der Waals surface area contributed by atoms with Gasteiger partial charge in [-0.3, -0.25) is 0 Å². The van der Waals surface area contributed by atoms with Crippen LogP contribution in [0, 0.1) is 5.92 Å². The van der Waals surface area contributed by atoms with E-state index in [1.807, 2.05) is 13.3 Å². The van der Waals surface area contributed by atoms with Gasteiger partial charge in [0.1, 0.15) is 0 Å². The summed E-state index contributed by atoms with van der Waals surface area (Å²) in [5.41, 5.74) is 0. The molecule has 2 nitrogen and oxygen atoms in total. The minimum Gasteiger partial charge on any atom is -0.234 e. The quantitative estimate of drug-likeness (QED) is 0.359. The third kappa shape index (κ3) is 5.95. The van der Waals surface area contributed by atoms with Gasteiger partial charge in [-0.15, -0.1) is 0 Å². The summed E-state index contributed by atoms with van der Waals surface area (Å²) in [5.74, 6) is 0.523. The van der Waals surface area contributed by atoms with E-state index in [0.717, 1.165) is 0 Å². The Morgan fingerprint density at radius 2 is 2.12 bits per heavy atom. The second kappa shape index (κ2) is 3.89. The largest absolute Gasteiger partial charge is 0.234 e. The van der Waals surface area contributed by atoms with E-state index in [9.17, 15) is 0 Å². The van der Waals surface area contributed by atoms with Crippen LogP contribution in [0.1, 0.15) is 13.8 Å². The molecule has 0 saturated carbocycles. The van der Waals surface area contributed by atoms with Gasteiger partial charge in [0.2, 0.25) is 0 Å². The van der Waals surface area contributed by atoms with Gasteiger partial charge in [-0.2, -0.15) is 5.10 Å². The van der Waals surface area contributed by atoms with Crippen molar-refractivity contribution in [1.82, 2.24) is 4.03 Å². The highest BCUT2D eigenvalue weighted by Crippen LogP contribution is 1.92. The Morgan fingerprint density at radius 3 is 2.25 bits per heavy atom. The molecule has 0 atom stereocenters. The zero-order valence-electron chi connectivity index (χ0n) is 5.43. The molecule has 0 spiro atoms. The lowest BCUT2D eigenvalue weighted by Crippen LogP contribution is -1.96. The fourth-order valence-corrected chi connectivity index (χ4v) is 0.331. The van der Waals surface area contributed by atoms with E-state index >= 15 is 0 Å². The summed E-state index contributed by atoms with van der Waals surface area (Å²) in [6, 6.07) is 0. The minimum absolute atomic E-state index is 0.523. The average Bonchev–Trinajstić information content (AvgIpc) is 1.61. The number of halogens is 1. The predicted molar refractivity (Wildman–Crippen MR) is 40.0 cm³/mol. The Labute approximate surface area is 58.9 Å². The van der Waals surface area contributed by atoms with Gasteiger partial charge < -0.3 is 0 Å². The lowest BCUT2D eigenvalue weighted by molar-refractivity contribution is 0.633. The molecule has 0 N–H and O–H groups in total. The average molecular weight is 179 g/mol. The highest BCUT2D eigenvalue weighted by Gasteiger charge is 1.84. The number of hydrogen-bond acceptors (Lipinski definition) is 2. The fourth-order valence-electron chi connectivity index (χ4n) is 0.225. The second-order valence-corrected chi connectivity index (χ2v) is 2.98. The van der Waals surface area contributed by atoms with Crippen molar-refractivity contribution < 1.29 is 0 Å². The first-order valence-corrected chi connectivity index (χ1v) is 3.27. The SMILES string of the molecule is CC(C)C=NN(C)Br. The molecule has 0 bridgehead atoms. The smallest absolute Gasteiger partial charge is 0.0683 e. The molecule has 0 aromatic rings. The first kappa shape index (κ1) is 7.95. The molecule has 3 heteroatoms. The Balaban J connectivity index is 3.34. The molecule has 0 aliphatic heterocycles. The summed E-state index contributed by atoms with van der Waals surface area (Å²) in [6.45, 7) is 4.17. The zero-order chi connectivity index (χ0) is 6.57. The Hall–Kier alpha value is -0.0500. The molecule has 0 heterocycles. The molecule has 0 aromatic heterocycles. The second-order valence-electron chi connectivity index (χ2n) is 1.95. The molecule has 0 aliphatic rings. The van der Waals surface area contributed by atoms with Crippen LogP contribution in [0.4, 0.5) is 0 Å². The molecule has 8 heavy (non-hydrogen) atoms. The fraction of sp³-hybridized carbons (Fsp3) is 0.800. The van der Waals surface area contributed by atoms with Crippen LogP contribution in [0.25, 0.3) is 0 Å². The van der Waals surface area contributed by atoms with E-state index in [2.05, 4.69) is 35.1 Å². The van der Waals surface area contributed by atoms with Crippen molar-refractivity contribution in [3.63, 3.8) is 0 Å². The van der Waals surface area contributed by atoms with Gasteiger partial charge in [-0.25, -0.2) is 4.03 Å². The molecule has 0 fully saturated rings. The summed E-state index contributed by atoms with van der Waals surface area (Å²) >= 11 is 3.14.